The highest BCUT2D eigenvalue weighted by molar-refractivity contribution is 6.11. The van der Waals surface area contributed by atoms with Crippen LogP contribution in [-0.2, 0) is 7.05 Å². The largest absolute Gasteiger partial charge is 0.456 e. The van der Waals surface area contributed by atoms with Crippen LogP contribution in [0.5, 0.6) is 0 Å². The predicted molar refractivity (Wildman–Crippen MR) is 120 cm³/mol. The second-order valence-corrected chi connectivity index (χ2v) is 7.43. The average molecular weight is 392 g/mol. The summed E-state index contributed by atoms with van der Waals surface area (Å²) < 4.78 is 73.5. The molecule has 4 aromatic rings. The Hall–Kier alpha value is -3.12. The monoisotopic (exact) mass is 391 g/mol. The van der Waals surface area contributed by atoms with E-state index in [2.05, 4.69) is 4.85 Å². The minimum absolute atomic E-state index is 0.0135. The van der Waals surface area contributed by atoms with E-state index in [1.165, 1.54) is 13.0 Å². The van der Waals surface area contributed by atoms with E-state index in [-0.39, 0.29) is 28.4 Å². The predicted octanol–water partition coefficient (Wildman–Crippen LogP) is 6.99. The number of hydrogen-bond acceptors (Lipinski definition) is 1. The van der Waals surface area contributed by atoms with Crippen molar-refractivity contribution in [3.8, 4) is 11.3 Å². The molecular weight excluding hydrogens is 356 g/mol. The molecule has 1 atom stereocenters. The number of hydrogen-bond donors (Lipinski definition) is 0. The SMILES string of the molecule is [2H]c1c(C)c(C([2H])([2H])[2H])c(C)[n+](C)c1-c1c(C)ccc2c1oc1c(C([2H])(C)C([2H])([2H])[2H])c([N+]#[C-])ccc12. The summed E-state index contributed by atoms with van der Waals surface area (Å²) in [7, 11) is 1.70. The quantitative estimate of drug-likeness (QED) is 0.267. The number of furan rings is 1. The Morgan fingerprint density at radius 2 is 1.86 bits per heavy atom. The third-order valence-corrected chi connectivity index (χ3v) is 5.61. The van der Waals surface area contributed by atoms with E-state index >= 15 is 0 Å². The first kappa shape index (κ1) is 11.8. The highest BCUT2D eigenvalue weighted by atomic mass is 16.3. The second-order valence-electron chi connectivity index (χ2n) is 7.43. The Morgan fingerprint density at radius 3 is 2.55 bits per heavy atom. The first-order valence-electron chi connectivity index (χ1n) is 13.3. The second kappa shape index (κ2) is 6.74. The van der Waals surface area contributed by atoms with E-state index < -0.39 is 19.6 Å². The van der Waals surface area contributed by atoms with Crippen molar-refractivity contribution < 1.29 is 20.0 Å². The van der Waals surface area contributed by atoms with Crippen molar-refractivity contribution in [1.82, 2.24) is 0 Å². The summed E-state index contributed by atoms with van der Waals surface area (Å²) in [4.78, 5) is 3.49. The van der Waals surface area contributed by atoms with E-state index in [4.69, 9.17) is 22.0 Å². The maximum atomic E-state index is 8.93. The molecule has 4 rings (SSSR count). The minimum atomic E-state index is -2.72. The number of fused-ring (bicyclic) bond motifs is 3. The van der Waals surface area contributed by atoms with Crippen molar-refractivity contribution in [2.75, 3.05) is 0 Å². The lowest BCUT2D eigenvalue weighted by molar-refractivity contribution is -0.667. The van der Waals surface area contributed by atoms with Crippen LogP contribution in [0.15, 0.2) is 34.7 Å². The van der Waals surface area contributed by atoms with Crippen LogP contribution in [-0.4, -0.2) is 0 Å². The van der Waals surface area contributed by atoms with Gasteiger partial charge in [-0.25, -0.2) is 4.85 Å². The van der Waals surface area contributed by atoms with Crippen molar-refractivity contribution in [2.24, 2.45) is 7.05 Å². The normalized spacial score (nSPS) is 18.5. The van der Waals surface area contributed by atoms with Gasteiger partial charge in [0.1, 0.15) is 18.2 Å². The highest BCUT2D eigenvalue weighted by Gasteiger charge is 2.25. The van der Waals surface area contributed by atoms with E-state index in [9.17, 15) is 0 Å². The topological polar surface area (TPSA) is 21.4 Å². The van der Waals surface area contributed by atoms with E-state index in [1.54, 1.807) is 31.5 Å². The maximum Gasteiger partial charge on any atom is 0.216 e. The zero-order valence-electron chi connectivity index (χ0n) is 25.1. The van der Waals surface area contributed by atoms with E-state index in [0.717, 1.165) is 5.56 Å². The third-order valence-electron chi connectivity index (χ3n) is 5.61. The first-order valence-corrected chi connectivity index (χ1v) is 9.32. The molecule has 0 fully saturated rings. The lowest BCUT2D eigenvalue weighted by Gasteiger charge is -2.10. The van der Waals surface area contributed by atoms with E-state index in [1.807, 2.05) is 19.1 Å². The molecule has 0 N–H and O–H groups in total. The molecule has 146 valence electrons. The van der Waals surface area contributed by atoms with Gasteiger partial charge in [0.05, 0.1) is 13.5 Å². The molecule has 2 aromatic carbocycles. The summed E-state index contributed by atoms with van der Waals surface area (Å²) in [5.41, 5.74) is 3.30. The van der Waals surface area contributed by atoms with Crippen LogP contribution in [0.25, 0.3) is 38.0 Å². The van der Waals surface area contributed by atoms with Crippen molar-refractivity contribution in [2.45, 2.75) is 47.3 Å². The van der Waals surface area contributed by atoms with Crippen LogP contribution in [0.4, 0.5) is 5.69 Å². The minimum Gasteiger partial charge on any atom is -0.456 e. The summed E-state index contributed by atoms with van der Waals surface area (Å²) in [5, 5.41) is 1.20. The van der Waals surface area contributed by atoms with Gasteiger partial charge in [-0.15, -0.1) is 0 Å². The lowest BCUT2D eigenvalue weighted by atomic mass is 9.96. The Labute approximate surface area is 183 Å². The zero-order chi connectivity index (χ0) is 27.8. The van der Waals surface area contributed by atoms with Crippen molar-refractivity contribution in [1.29, 1.82) is 0 Å². The Morgan fingerprint density at radius 1 is 1.14 bits per heavy atom. The maximum absolute atomic E-state index is 8.93. The van der Waals surface area contributed by atoms with Gasteiger partial charge in [-0.3, -0.25) is 0 Å². The van der Waals surface area contributed by atoms with Crippen LogP contribution < -0.4 is 4.57 Å². The van der Waals surface area contributed by atoms with Crippen LogP contribution in [0, 0.1) is 34.2 Å². The summed E-state index contributed by atoms with van der Waals surface area (Å²) in [6.07, 6.45) is 0. The molecule has 2 aromatic heterocycles. The molecule has 0 saturated heterocycles. The molecule has 3 nitrogen and oxygen atoms in total. The third kappa shape index (κ3) is 2.75. The number of benzene rings is 2. The van der Waals surface area contributed by atoms with Gasteiger partial charge in [0, 0.05) is 44.5 Å². The molecule has 0 saturated carbocycles. The number of nitrogens with zero attached hydrogens (tertiary/aromatic N) is 2. The molecule has 0 aliphatic carbocycles. The molecule has 0 aliphatic heterocycles. The summed E-state index contributed by atoms with van der Waals surface area (Å²) >= 11 is 0. The number of rotatable bonds is 2. The Balaban J connectivity index is 2.20. The van der Waals surface area contributed by atoms with Gasteiger partial charge in [0.2, 0.25) is 5.69 Å². The Bertz CT molecular complexity index is 1610. The van der Waals surface area contributed by atoms with Gasteiger partial charge in [0.25, 0.3) is 0 Å². The zero-order valence-corrected chi connectivity index (χ0v) is 17.1. The fourth-order valence-corrected chi connectivity index (χ4v) is 3.90. The molecule has 0 spiro atoms. The van der Waals surface area contributed by atoms with Crippen LogP contribution in [0.3, 0.4) is 0 Å². The number of pyridine rings is 1. The van der Waals surface area contributed by atoms with Crippen LogP contribution in [0.1, 0.15) is 58.6 Å². The number of aromatic nitrogens is 1. The molecule has 0 aliphatic rings. The Kier molecular flexibility index (Phi) is 2.74. The first-order chi connectivity index (χ1) is 16.9. The average Bonchev–Trinajstić information content (AvgIpc) is 3.15. The smallest absolute Gasteiger partial charge is 0.216 e. The van der Waals surface area contributed by atoms with Gasteiger partial charge in [-0.2, -0.15) is 4.57 Å². The summed E-state index contributed by atoms with van der Waals surface area (Å²) in [6, 6.07) is 6.93. The fourth-order valence-electron chi connectivity index (χ4n) is 3.90. The highest BCUT2D eigenvalue weighted by Crippen LogP contribution is 2.42. The van der Waals surface area contributed by atoms with E-state index in [0.29, 0.717) is 38.9 Å². The van der Waals surface area contributed by atoms with Crippen LogP contribution in [0.2, 0.25) is 0 Å². The molecular formula is C26H27N2O+. The lowest BCUT2D eigenvalue weighted by Crippen LogP contribution is -2.36. The molecule has 0 bridgehead atoms. The molecule has 3 heteroatoms. The van der Waals surface area contributed by atoms with Gasteiger partial charge in [-0.05, 0) is 37.7 Å². The fraction of sp³-hybridized carbons (Fsp3) is 0.308. The van der Waals surface area contributed by atoms with Crippen molar-refractivity contribution in [3.05, 3.63) is 69.7 Å². The molecule has 1 unspecified atom stereocenters. The van der Waals surface area contributed by atoms with Gasteiger partial charge in [-0.1, -0.05) is 38.0 Å². The number of aryl methyl sites for hydroxylation is 1. The van der Waals surface area contributed by atoms with Gasteiger partial charge >= 0.3 is 0 Å². The van der Waals surface area contributed by atoms with Crippen molar-refractivity contribution >= 4 is 27.6 Å². The van der Waals surface area contributed by atoms with Gasteiger partial charge < -0.3 is 4.42 Å². The molecule has 0 amide bonds. The van der Waals surface area contributed by atoms with Gasteiger partial charge in [0.15, 0.2) is 11.4 Å². The van der Waals surface area contributed by atoms with Crippen LogP contribution >= 0.6 is 0 Å². The standard InChI is InChI=1S/C26H27N2O/c1-14(2)23-21(27-7)12-11-20-19-10-9-15(3)24(26(19)29-25(20)23)22-13-16(4)17(5)18(6)28(22)8/h9-14H,1-6,8H3/q+1/i1D3,5D3,13D,14D. The molecule has 2 heterocycles. The molecule has 0 radical (unpaired) electrons. The summed E-state index contributed by atoms with van der Waals surface area (Å²) in [5.74, 6) is -2.12. The molecule has 29 heavy (non-hydrogen) atoms. The summed E-state index contributed by atoms with van der Waals surface area (Å²) in [6.45, 7) is 8.93. The van der Waals surface area contributed by atoms with Crippen molar-refractivity contribution in [3.63, 3.8) is 0 Å².